The molecule has 1 aromatic carbocycles. The predicted octanol–water partition coefficient (Wildman–Crippen LogP) is 3.20. The Morgan fingerprint density at radius 1 is 1.33 bits per heavy atom. The minimum Gasteiger partial charge on any atom is -0.478 e. The van der Waals surface area contributed by atoms with Gasteiger partial charge >= 0.3 is 5.97 Å². The zero-order valence-corrected chi connectivity index (χ0v) is 11.2. The molecule has 4 heteroatoms. The standard InChI is InChI=1S/C14H22N2O2/c1-9(2)4-5-10(3)16-13-8-11(14(17)18)6-7-12(13)15/h6-10,16H,4-5,15H2,1-3H3,(H,17,18). The van der Waals surface area contributed by atoms with Crippen molar-refractivity contribution in [3.8, 4) is 0 Å². The van der Waals surface area contributed by atoms with Gasteiger partial charge in [0.05, 0.1) is 16.9 Å². The van der Waals surface area contributed by atoms with Crippen LogP contribution in [0.5, 0.6) is 0 Å². The number of hydrogen-bond donors (Lipinski definition) is 3. The number of aromatic carboxylic acids is 1. The first kappa shape index (κ1) is 14.4. The number of hydrogen-bond acceptors (Lipinski definition) is 3. The van der Waals surface area contributed by atoms with Gasteiger partial charge in [0.15, 0.2) is 0 Å². The molecular weight excluding hydrogens is 228 g/mol. The van der Waals surface area contributed by atoms with Gasteiger partial charge in [0.25, 0.3) is 0 Å². The quantitative estimate of drug-likeness (QED) is 0.678. The lowest BCUT2D eigenvalue weighted by Crippen LogP contribution is -2.17. The van der Waals surface area contributed by atoms with E-state index in [1.54, 1.807) is 12.1 Å². The van der Waals surface area contributed by atoms with Crippen LogP contribution in [0.4, 0.5) is 11.4 Å². The van der Waals surface area contributed by atoms with Crippen molar-refractivity contribution in [2.24, 2.45) is 5.92 Å². The summed E-state index contributed by atoms with van der Waals surface area (Å²) in [4.78, 5) is 10.9. The summed E-state index contributed by atoms with van der Waals surface area (Å²) in [5.74, 6) is -0.273. The second kappa shape index (κ2) is 6.28. The van der Waals surface area contributed by atoms with E-state index < -0.39 is 5.97 Å². The fourth-order valence-electron chi connectivity index (χ4n) is 1.74. The summed E-state index contributed by atoms with van der Waals surface area (Å²) >= 11 is 0. The predicted molar refractivity (Wildman–Crippen MR) is 75.0 cm³/mol. The minimum absolute atomic E-state index is 0.253. The lowest BCUT2D eigenvalue weighted by Gasteiger charge is -2.18. The smallest absolute Gasteiger partial charge is 0.335 e. The summed E-state index contributed by atoms with van der Waals surface area (Å²) in [6.45, 7) is 6.45. The lowest BCUT2D eigenvalue weighted by molar-refractivity contribution is 0.0697. The average Bonchev–Trinajstić information content (AvgIpc) is 2.29. The number of carboxylic acids is 1. The van der Waals surface area contributed by atoms with Gasteiger partial charge < -0.3 is 16.2 Å². The third-order valence-electron chi connectivity index (χ3n) is 2.88. The Morgan fingerprint density at radius 2 is 2.00 bits per heavy atom. The molecule has 0 saturated carbocycles. The van der Waals surface area contributed by atoms with Gasteiger partial charge in [-0.25, -0.2) is 4.79 Å². The number of nitrogens with one attached hydrogen (secondary N) is 1. The Morgan fingerprint density at radius 3 is 2.56 bits per heavy atom. The van der Waals surface area contributed by atoms with Crippen LogP contribution in [0.3, 0.4) is 0 Å². The van der Waals surface area contributed by atoms with E-state index in [0.29, 0.717) is 17.3 Å². The Bertz CT molecular complexity index is 416. The number of carbonyl (C=O) groups is 1. The van der Waals surface area contributed by atoms with Gasteiger partial charge in [-0.1, -0.05) is 13.8 Å². The van der Waals surface area contributed by atoms with Crippen LogP contribution in [0.25, 0.3) is 0 Å². The van der Waals surface area contributed by atoms with Crippen LogP contribution in [-0.4, -0.2) is 17.1 Å². The van der Waals surface area contributed by atoms with Crippen molar-refractivity contribution < 1.29 is 9.90 Å². The molecule has 0 saturated heterocycles. The molecule has 1 aromatic rings. The molecule has 0 spiro atoms. The molecule has 4 N–H and O–H groups in total. The summed E-state index contributed by atoms with van der Waals surface area (Å²) in [6, 6.07) is 5.00. The van der Waals surface area contributed by atoms with E-state index in [1.807, 2.05) is 0 Å². The highest BCUT2D eigenvalue weighted by atomic mass is 16.4. The third-order valence-corrected chi connectivity index (χ3v) is 2.88. The van der Waals surface area contributed by atoms with Gasteiger partial charge in [0, 0.05) is 6.04 Å². The Balaban J connectivity index is 2.71. The first-order chi connectivity index (χ1) is 8.40. The van der Waals surface area contributed by atoms with Gasteiger partial charge in [-0.2, -0.15) is 0 Å². The SMILES string of the molecule is CC(C)CCC(C)Nc1cc(C(=O)O)ccc1N. The van der Waals surface area contributed by atoms with E-state index in [4.69, 9.17) is 10.8 Å². The van der Waals surface area contributed by atoms with Crippen molar-refractivity contribution in [2.75, 3.05) is 11.1 Å². The molecule has 0 radical (unpaired) electrons. The highest BCUT2D eigenvalue weighted by molar-refractivity contribution is 5.90. The zero-order valence-electron chi connectivity index (χ0n) is 11.2. The third kappa shape index (κ3) is 4.28. The second-order valence-electron chi connectivity index (χ2n) is 5.12. The zero-order chi connectivity index (χ0) is 13.7. The maximum absolute atomic E-state index is 10.9. The summed E-state index contributed by atoms with van der Waals surface area (Å²) in [5, 5.41) is 12.2. The highest BCUT2D eigenvalue weighted by Gasteiger charge is 2.09. The number of carboxylic acid groups (broad SMARTS) is 1. The molecule has 0 aliphatic heterocycles. The van der Waals surface area contributed by atoms with E-state index in [-0.39, 0.29) is 11.6 Å². The normalized spacial score (nSPS) is 12.4. The first-order valence-electron chi connectivity index (χ1n) is 6.29. The monoisotopic (exact) mass is 250 g/mol. The number of benzene rings is 1. The van der Waals surface area contributed by atoms with Crippen molar-refractivity contribution in [3.05, 3.63) is 23.8 Å². The van der Waals surface area contributed by atoms with E-state index >= 15 is 0 Å². The van der Waals surface area contributed by atoms with Crippen LogP contribution in [0.1, 0.15) is 44.0 Å². The Hall–Kier alpha value is -1.71. The average molecular weight is 250 g/mol. The molecule has 0 fully saturated rings. The topological polar surface area (TPSA) is 75.3 Å². The molecule has 1 atom stereocenters. The maximum atomic E-state index is 10.9. The van der Waals surface area contributed by atoms with Crippen molar-refractivity contribution >= 4 is 17.3 Å². The van der Waals surface area contributed by atoms with Crippen LogP contribution >= 0.6 is 0 Å². The largest absolute Gasteiger partial charge is 0.478 e. The molecule has 4 nitrogen and oxygen atoms in total. The molecule has 0 aliphatic rings. The minimum atomic E-state index is -0.937. The second-order valence-corrected chi connectivity index (χ2v) is 5.12. The summed E-state index contributed by atoms with van der Waals surface area (Å²) in [5.41, 5.74) is 7.37. The van der Waals surface area contributed by atoms with Crippen molar-refractivity contribution in [2.45, 2.75) is 39.7 Å². The molecule has 0 heterocycles. The Kier molecular flexibility index (Phi) is 5.01. The molecule has 1 unspecified atom stereocenters. The molecule has 0 bridgehead atoms. The first-order valence-corrected chi connectivity index (χ1v) is 6.29. The summed E-state index contributed by atoms with van der Waals surface area (Å²) in [6.07, 6.45) is 2.17. The van der Waals surface area contributed by atoms with Crippen LogP contribution in [0.2, 0.25) is 0 Å². The maximum Gasteiger partial charge on any atom is 0.335 e. The number of nitrogen functional groups attached to an aromatic ring is 1. The van der Waals surface area contributed by atoms with Crippen LogP contribution in [-0.2, 0) is 0 Å². The fraction of sp³-hybridized carbons (Fsp3) is 0.500. The molecule has 100 valence electrons. The lowest BCUT2D eigenvalue weighted by atomic mass is 10.0. The van der Waals surface area contributed by atoms with Gasteiger partial charge in [-0.3, -0.25) is 0 Å². The number of anilines is 2. The summed E-state index contributed by atoms with van der Waals surface area (Å²) in [7, 11) is 0. The molecular formula is C14H22N2O2. The molecule has 0 aliphatic carbocycles. The fourth-order valence-corrected chi connectivity index (χ4v) is 1.74. The molecule has 0 aromatic heterocycles. The van der Waals surface area contributed by atoms with Gasteiger partial charge in [0.1, 0.15) is 0 Å². The van der Waals surface area contributed by atoms with E-state index in [2.05, 4.69) is 26.1 Å². The molecule has 18 heavy (non-hydrogen) atoms. The van der Waals surface area contributed by atoms with E-state index in [9.17, 15) is 4.79 Å². The van der Waals surface area contributed by atoms with Crippen LogP contribution in [0.15, 0.2) is 18.2 Å². The molecule has 0 amide bonds. The van der Waals surface area contributed by atoms with Gasteiger partial charge in [-0.05, 0) is 43.9 Å². The molecule has 1 rings (SSSR count). The van der Waals surface area contributed by atoms with Gasteiger partial charge in [0.2, 0.25) is 0 Å². The van der Waals surface area contributed by atoms with Gasteiger partial charge in [-0.15, -0.1) is 0 Å². The van der Waals surface area contributed by atoms with E-state index in [0.717, 1.165) is 12.8 Å². The number of rotatable bonds is 6. The van der Waals surface area contributed by atoms with Crippen molar-refractivity contribution in [1.82, 2.24) is 0 Å². The van der Waals surface area contributed by atoms with Crippen molar-refractivity contribution in [3.63, 3.8) is 0 Å². The Labute approximate surface area is 108 Å². The summed E-state index contributed by atoms with van der Waals surface area (Å²) < 4.78 is 0. The highest BCUT2D eigenvalue weighted by Crippen LogP contribution is 2.22. The van der Waals surface area contributed by atoms with Crippen LogP contribution < -0.4 is 11.1 Å². The van der Waals surface area contributed by atoms with Crippen LogP contribution in [0, 0.1) is 5.92 Å². The van der Waals surface area contributed by atoms with E-state index in [1.165, 1.54) is 6.07 Å². The van der Waals surface area contributed by atoms with Crippen molar-refractivity contribution in [1.29, 1.82) is 0 Å². The number of nitrogens with two attached hydrogens (primary N) is 1.